The lowest BCUT2D eigenvalue weighted by atomic mass is 9.94. The molecular formula is C34H35N3O7S. The van der Waals surface area contributed by atoms with E-state index in [9.17, 15) is 14.4 Å². The van der Waals surface area contributed by atoms with Crippen molar-refractivity contribution in [2.24, 2.45) is 4.99 Å². The molecule has 1 aliphatic heterocycles. The highest BCUT2D eigenvalue weighted by Crippen LogP contribution is 2.38. The van der Waals surface area contributed by atoms with Crippen molar-refractivity contribution in [1.29, 1.82) is 0 Å². The lowest BCUT2D eigenvalue weighted by Gasteiger charge is -2.26. The third-order valence-electron chi connectivity index (χ3n) is 7.64. The summed E-state index contributed by atoms with van der Waals surface area (Å²) in [5, 5.41) is 0. The smallest absolute Gasteiger partial charge is 0.338 e. The van der Waals surface area contributed by atoms with Gasteiger partial charge >= 0.3 is 11.9 Å². The molecule has 1 atom stereocenters. The summed E-state index contributed by atoms with van der Waals surface area (Å²) in [5.74, 6) is 0.116. The first-order chi connectivity index (χ1) is 21.6. The van der Waals surface area contributed by atoms with Gasteiger partial charge < -0.3 is 23.5 Å². The second-order valence-corrected chi connectivity index (χ2v) is 11.3. The van der Waals surface area contributed by atoms with Crippen molar-refractivity contribution in [2.45, 2.75) is 40.7 Å². The van der Waals surface area contributed by atoms with Crippen LogP contribution >= 0.6 is 11.3 Å². The molecule has 11 heteroatoms. The first-order valence-corrected chi connectivity index (χ1v) is 15.3. The largest absolute Gasteiger partial charge is 0.497 e. The molecule has 1 aliphatic rings. The molecule has 0 N–H and O–H groups in total. The zero-order valence-corrected chi connectivity index (χ0v) is 27.1. The fraction of sp³-hybridized carbons (Fsp3) is 0.294. The minimum atomic E-state index is -0.849. The molecule has 0 radical (unpaired) electrons. The van der Waals surface area contributed by atoms with Crippen LogP contribution in [0, 0.1) is 13.8 Å². The van der Waals surface area contributed by atoms with Crippen LogP contribution in [0.2, 0.25) is 0 Å². The molecule has 2 aromatic heterocycles. The summed E-state index contributed by atoms with van der Waals surface area (Å²) in [6, 6.07) is 13.6. The number of rotatable bonds is 9. The molecule has 0 fully saturated rings. The molecule has 0 unspecified atom stereocenters. The molecule has 0 amide bonds. The van der Waals surface area contributed by atoms with E-state index < -0.39 is 12.0 Å². The van der Waals surface area contributed by atoms with Gasteiger partial charge in [0.25, 0.3) is 5.56 Å². The maximum Gasteiger partial charge on any atom is 0.338 e. The molecule has 0 spiro atoms. The number of aromatic nitrogens is 2. The Morgan fingerprint density at radius 3 is 2.27 bits per heavy atom. The standard InChI is InChI=1S/C34H35N3O7S/c1-8-43-32(39)22-10-12-24(13-11-22)36-19(3)16-23(21(36)5)17-28-31(38)37-30(26-18-25(41-6)14-15-27(26)42-7)29(33(40)44-9-2)20(4)35-34(37)45-28/h10-18,30H,8-9H2,1-7H3/b28-17+/t30-/m1/s1. The molecule has 4 aromatic rings. The number of thiazole rings is 1. The second-order valence-electron chi connectivity index (χ2n) is 10.3. The van der Waals surface area contributed by atoms with Crippen molar-refractivity contribution >= 4 is 29.4 Å². The number of benzene rings is 2. The Morgan fingerprint density at radius 1 is 0.933 bits per heavy atom. The third kappa shape index (κ3) is 5.83. The lowest BCUT2D eigenvalue weighted by molar-refractivity contribution is -0.139. The van der Waals surface area contributed by atoms with Gasteiger partial charge in [0.1, 0.15) is 17.5 Å². The number of methoxy groups -OCH3 is 2. The van der Waals surface area contributed by atoms with E-state index in [1.165, 1.54) is 23.0 Å². The van der Waals surface area contributed by atoms with E-state index in [4.69, 9.17) is 18.9 Å². The van der Waals surface area contributed by atoms with Crippen LogP contribution in [0.25, 0.3) is 11.8 Å². The number of carbonyl (C=O) groups excluding carboxylic acids is 2. The molecule has 0 aliphatic carbocycles. The Bertz CT molecular complexity index is 2000. The Hall–Kier alpha value is -4.90. The van der Waals surface area contributed by atoms with Gasteiger partial charge in [-0.1, -0.05) is 11.3 Å². The fourth-order valence-electron chi connectivity index (χ4n) is 5.57. The van der Waals surface area contributed by atoms with Crippen LogP contribution in [0.4, 0.5) is 0 Å². The van der Waals surface area contributed by atoms with Gasteiger partial charge in [0, 0.05) is 22.6 Å². The van der Waals surface area contributed by atoms with Crippen molar-refractivity contribution in [3.05, 3.63) is 108 Å². The summed E-state index contributed by atoms with van der Waals surface area (Å²) in [4.78, 5) is 44.8. The van der Waals surface area contributed by atoms with E-state index in [-0.39, 0.29) is 23.7 Å². The monoisotopic (exact) mass is 629 g/mol. The fourth-order valence-corrected chi connectivity index (χ4v) is 6.61. The van der Waals surface area contributed by atoms with Gasteiger partial charge in [0.2, 0.25) is 0 Å². The quantitative estimate of drug-likeness (QED) is 0.253. The lowest BCUT2D eigenvalue weighted by Crippen LogP contribution is -2.40. The Morgan fingerprint density at radius 2 is 1.62 bits per heavy atom. The van der Waals surface area contributed by atoms with Crippen molar-refractivity contribution < 1.29 is 28.5 Å². The summed E-state index contributed by atoms with van der Waals surface area (Å²) in [6.45, 7) is 9.68. The maximum absolute atomic E-state index is 14.2. The number of carbonyl (C=O) groups is 2. The Kier molecular flexibility index (Phi) is 9.10. The van der Waals surface area contributed by atoms with Crippen molar-refractivity contribution in [3.8, 4) is 17.2 Å². The van der Waals surface area contributed by atoms with E-state index in [1.54, 1.807) is 58.2 Å². The number of allylic oxidation sites excluding steroid dienone is 1. The number of nitrogens with zero attached hydrogens (tertiary/aromatic N) is 3. The molecule has 234 valence electrons. The number of aryl methyl sites for hydroxylation is 1. The van der Waals surface area contributed by atoms with Crippen LogP contribution in [-0.2, 0) is 14.3 Å². The molecule has 45 heavy (non-hydrogen) atoms. The van der Waals surface area contributed by atoms with Gasteiger partial charge in [-0.3, -0.25) is 9.36 Å². The van der Waals surface area contributed by atoms with Crippen molar-refractivity contribution in [3.63, 3.8) is 0 Å². The first kappa shape index (κ1) is 31.5. The van der Waals surface area contributed by atoms with Crippen LogP contribution < -0.4 is 24.4 Å². The van der Waals surface area contributed by atoms with Crippen LogP contribution in [-0.4, -0.2) is 48.5 Å². The molecule has 0 bridgehead atoms. The molecule has 0 saturated heterocycles. The van der Waals surface area contributed by atoms with Gasteiger partial charge in [-0.2, -0.15) is 0 Å². The number of esters is 2. The summed E-state index contributed by atoms with van der Waals surface area (Å²) < 4.78 is 25.7. The maximum atomic E-state index is 14.2. The summed E-state index contributed by atoms with van der Waals surface area (Å²) in [7, 11) is 3.09. The van der Waals surface area contributed by atoms with Gasteiger partial charge in [0.05, 0.1) is 48.8 Å². The highest BCUT2D eigenvalue weighted by atomic mass is 32.1. The Balaban J connectivity index is 1.66. The Labute approximate surface area is 264 Å². The van der Waals surface area contributed by atoms with E-state index in [2.05, 4.69) is 9.56 Å². The normalized spacial score (nSPS) is 14.6. The predicted octanol–water partition coefficient (Wildman–Crippen LogP) is 4.40. The van der Waals surface area contributed by atoms with Crippen molar-refractivity contribution in [2.75, 3.05) is 27.4 Å². The van der Waals surface area contributed by atoms with E-state index >= 15 is 0 Å². The number of fused-ring (bicyclic) bond motifs is 1. The van der Waals surface area contributed by atoms with E-state index in [0.29, 0.717) is 44.3 Å². The minimum absolute atomic E-state index is 0.170. The van der Waals surface area contributed by atoms with Crippen LogP contribution in [0.5, 0.6) is 11.5 Å². The molecule has 10 nitrogen and oxygen atoms in total. The molecular weight excluding hydrogens is 594 g/mol. The van der Waals surface area contributed by atoms with Crippen LogP contribution in [0.3, 0.4) is 0 Å². The van der Waals surface area contributed by atoms with E-state index in [1.807, 2.05) is 38.1 Å². The number of ether oxygens (including phenoxy) is 4. The van der Waals surface area contributed by atoms with Gasteiger partial charge in [-0.05, 0) is 94.8 Å². The number of hydrogen-bond acceptors (Lipinski definition) is 9. The first-order valence-electron chi connectivity index (χ1n) is 14.5. The minimum Gasteiger partial charge on any atom is -0.497 e. The highest BCUT2D eigenvalue weighted by Gasteiger charge is 2.35. The van der Waals surface area contributed by atoms with Crippen molar-refractivity contribution in [1.82, 2.24) is 9.13 Å². The van der Waals surface area contributed by atoms with E-state index in [0.717, 1.165) is 22.6 Å². The average Bonchev–Trinajstić information content (AvgIpc) is 3.49. The topological polar surface area (TPSA) is 110 Å². The number of hydrogen-bond donors (Lipinski definition) is 0. The average molecular weight is 630 g/mol. The van der Waals surface area contributed by atoms with Gasteiger partial charge in [-0.15, -0.1) is 0 Å². The molecule has 0 saturated carbocycles. The molecule has 3 heterocycles. The summed E-state index contributed by atoms with van der Waals surface area (Å²) in [6.07, 6.45) is 1.85. The van der Waals surface area contributed by atoms with Gasteiger partial charge in [-0.25, -0.2) is 14.6 Å². The summed E-state index contributed by atoms with van der Waals surface area (Å²) >= 11 is 1.25. The van der Waals surface area contributed by atoms with Crippen LogP contribution in [0.15, 0.2) is 69.6 Å². The zero-order valence-electron chi connectivity index (χ0n) is 26.3. The zero-order chi connectivity index (χ0) is 32.4. The highest BCUT2D eigenvalue weighted by molar-refractivity contribution is 7.07. The molecule has 5 rings (SSSR count). The predicted molar refractivity (Wildman–Crippen MR) is 171 cm³/mol. The molecule has 2 aromatic carbocycles. The second kappa shape index (κ2) is 13.0. The SMILES string of the molecule is CCOC(=O)C1=C(C)N=c2s/c(=C/c3cc(C)n(-c4ccc(C(=O)OCC)cc4)c3C)c(=O)n2[C@@H]1c1cc(OC)ccc1OC. The third-order valence-corrected chi connectivity index (χ3v) is 8.62. The van der Waals surface area contributed by atoms with Gasteiger partial charge in [0.15, 0.2) is 4.80 Å². The van der Waals surface area contributed by atoms with Crippen LogP contribution in [0.1, 0.15) is 59.7 Å². The summed E-state index contributed by atoms with van der Waals surface area (Å²) in [5.41, 5.74) is 5.06.